The average Bonchev–Trinajstić information content (AvgIpc) is 2.27. The van der Waals surface area contributed by atoms with Crippen LogP contribution in [0, 0.1) is 0 Å². The summed E-state index contributed by atoms with van der Waals surface area (Å²) in [4.78, 5) is 13.9. The molecular formula is C15H32N2O2. The molecule has 0 aromatic heterocycles. The molecule has 0 bridgehead atoms. The number of rotatable bonds is 10. The Hall–Kier alpha value is -0.610. The largest absolute Gasteiger partial charge is 0.480 e. The molecule has 0 aromatic rings. The Balaban J connectivity index is 4.76. The number of carboxylic acid groups (broad SMARTS) is 1. The number of aliphatic carboxylic acids is 1. The van der Waals surface area contributed by atoms with Gasteiger partial charge >= 0.3 is 5.97 Å². The summed E-state index contributed by atoms with van der Waals surface area (Å²) < 4.78 is 0. The van der Waals surface area contributed by atoms with Gasteiger partial charge in [-0.05, 0) is 60.0 Å². The molecule has 0 amide bonds. The minimum absolute atomic E-state index is 0.166. The second-order valence-corrected chi connectivity index (χ2v) is 6.03. The van der Waals surface area contributed by atoms with Crippen LogP contribution in [0.2, 0.25) is 0 Å². The quantitative estimate of drug-likeness (QED) is 0.642. The molecule has 0 radical (unpaired) electrons. The fourth-order valence-corrected chi connectivity index (χ4v) is 2.69. The van der Waals surface area contributed by atoms with Gasteiger partial charge in [0, 0.05) is 12.1 Å². The number of hydrogen-bond donors (Lipinski definition) is 2. The van der Waals surface area contributed by atoms with Crippen molar-refractivity contribution in [2.24, 2.45) is 0 Å². The first kappa shape index (κ1) is 18.4. The Morgan fingerprint density at radius 1 is 1.21 bits per heavy atom. The van der Waals surface area contributed by atoms with E-state index in [2.05, 4.69) is 31.0 Å². The van der Waals surface area contributed by atoms with E-state index < -0.39 is 11.5 Å². The maximum atomic E-state index is 11.5. The van der Waals surface area contributed by atoms with Crippen LogP contribution in [0.4, 0.5) is 0 Å². The fraction of sp³-hybridized carbons (Fsp3) is 0.933. The molecular weight excluding hydrogens is 240 g/mol. The summed E-state index contributed by atoms with van der Waals surface area (Å²) in [6.07, 6.45) is 2.83. The van der Waals surface area contributed by atoms with E-state index in [0.29, 0.717) is 6.42 Å². The molecule has 0 spiro atoms. The SMILES string of the molecule is CCCN(CCC)C(C)CC(C)(NC(C)C)C(=O)O. The van der Waals surface area contributed by atoms with Crippen molar-refractivity contribution in [1.29, 1.82) is 0 Å². The highest BCUT2D eigenvalue weighted by Crippen LogP contribution is 2.18. The highest BCUT2D eigenvalue weighted by Gasteiger charge is 2.36. The number of hydrogen-bond acceptors (Lipinski definition) is 3. The van der Waals surface area contributed by atoms with Crippen LogP contribution < -0.4 is 5.32 Å². The predicted molar refractivity (Wildman–Crippen MR) is 80.5 cm³/mol. The summed E-state index contributed by atoms with van der Waals surface area (Å²) in [7, 11) is 0. The van der Waals surface area contributed by atoms with Crippen molar-refractivity contribution in [3.8, 4) is 0 Å². The summed E-state index contributed by atoms with van der Waals surface area (Å²) in [5, 5.41) is 12.7. The van der Waals surface area contributed by atoms with Crippen LogP contribution in [-0.2, 0) is 4.79 Å². The summed E-state index contributed by atoms with van der Waals surface area (Å²) in [6.45, 7) is 14.3. The predicted octanol–water partition coefficient (Wildman–Crippen LogP) is 2.73. The smallest absolute Gasteiger partial charge is 0.323 e. The van der Waals surface area contributed by atoms with Gasteiger partial charge in [-0.25, -0.2) is 0 Å². The average molecular weight is 272 g/mol. The van der Waals surface area contributed by atoms with Crippen molar-refractivity contribution in [3.63, 3.8) is 0 Å². The van der Waals surface area contributed by atoms with Gasteiger partial charge in [0.1, 0.15) is 5.54 Å². The van der Waals surface area contributed by atoms with Gasteiger partial charge in [-0.2, -0.15) is 0 Å². The maximum absolute atomic E-state index is 11.5. The molecule has 0 aliphatic rings. The standard InChI is InChI=1S/C15H32N2O2/c1-7-9-17(10-8-2)13(5)11-15(6,14(18)19)16-12(3)4/h12-13,16H,7-11H2,1-6H3,(H,18,19). The summed E-state index contributed by atoms with van der Waals surface area (Å²) in [5.41, 5.74) is -0.854. The minimum Gasteiger partial charge on any atom is -0.480 e. The van der Waals surface area contributed by atoms with E-state index in [0.717, 1.165) is 25.9 Å². The normalized spacial score (nSPS) is 16.6. The van der Waals surface area contributed by atoms with Gasteiger partial charge in [-0.1, -0.05) is 13.8 Å². The Morgan fingerprint density at radius 3 is 2.00 bits per heavy atom. The number of carbonyl (C=O) groups is 1. The fourth-order valence-electron chi connectivity index (χ4n) is 2.69. The summed E-state index contributed by atoms with van der Waals surface area (Å²) in [6, 6.07) is 0.436. The first-order valence-electron chi connectivity index (χ1n) is 7.52. The van der Waals surface area contributed by atoms with E-state index in [4.69, 9.17) is 0 Å². The molecule has 4 nitrogen and oxygen atoms in total. The third-order valence-corrected chi connectivity index (χ3v) is 3.43. The highest BCUT2D eigenvalue weighted by molar-refractivity contribution is 5.78. The Bertz CT molecular complexity index is 263. The lowest BCUT2D eigenvalue weighted by atomic mass is 9.92. The van der Waals surface area contributed by atoms with Gasteiger partial charge in [0.15, 0.2) is 0 Å². The Kier molecular flexibility index (Phi) is 8.26. The molecule has 4 heteroatoms. The molecule has 0 saturated carbocycles. The molecule has 0 aliphatic heterocycles. The number of nitrogens with zero attached hydrogens (tertiary/aromatic N) is 1. The lowest BCUT2D eigenvalue weighted by Crippen LogP contribution is -2.55. The van der Waals surface area contributed by atoms with Crippen LogP contribution in [0.3, 0.4) is 0 Å². The van der Waals surface area contributed by atoms with E-state index in [9.17, 15) is 9.90 Å². The van der Waals surface area contributed by atoms with E-state index in [1.165, 1.54) is 0 Å². The van der Waals surface area contributed by atoms with Crippen LogP contribution in [-0.4, -0.2) is 46.7 Å². The van der Waals surface area contributed by atoms with Crippen LogP contribution in [0.1, 0.15) is 60.8 Å². The maximum Gasteiger partial charge on any atom is 0.323 e. The summed E-state index contributed by atoms with van der Waals surface area (Å²) in [5.74, 6) is -0.763. The molecule has 2 unspecified atom stereocenters. The second kappa shape index (κ2) is 8.54. The van der Waals surface area contributed by atoms with Crippen molar-refractivity contribution in [3.05, 3.63) is 0 Å². The zero-order chi connectivity index (χ0) is 15.1. The zero-order valence-electron chi connectivity index (χ0n) is 13.5. The van der Waals surface area contributed by atoms with Gasteiger partial charge in [-0.15, -0.1) is 0 Å². The molecule has 0 heterocycles. The molecule has 2 atom stereocenters. The molecule has 19 heavy (non-hydrogen) atoms. The molecule has 0 aromatic carbocycles. The van der Waals surface area contributed by atoms with Gasteiger partial charge in [0.2, 0.25) is 0 Å². The van der Waals surface area contributed by atoms with Crippen LogP contribution in [0.25, 0.3) is 0 Å². The lowest BCUT2D eigenvalue weighted by Gasteiger charge is -2.36. The van der Waals surface area contributed by atoms with Crippen molar-refractivity contribution in [2.75, 3.05) is 13.1 Å². The van der Waals surface area contributed by atoms with Gasteiger partial charge in [0.05, 0.1) is 0 Å². The van der Waals surface area contributed by atoms with Gasteiger partial charge in [-0.3, -0.25) is 10.1 Å². The van der Waals surface area contributed by atoms with E-state index in [1.807, 2.05) is 13.8 Å². The number of nitrogens with one attached hydrogen (secondary N) is 1. The van der Waals surface area contributed by atoms with Crippen molar-refractivity contribution in [1.82, 2.24) is 10.2 Å². The molecule has 2 N–H and O–H groups in total. The first-order chi connectivity index (χ1) is 8.76. The van der Waals surface area contributed by atoms with E-state index in [1.54, 1.807) is 6.92 Å². The van der Waals surface area contributed by atoms with Crippen LogP contribution in [0.5, 0.6) is 0 Å². The molecule has 0 rings (SSSR count). The zero-order valence-corrected chi connectivity index (χ0v) is 13.5. The lowest BCUT2D eigenvalue weighted by molar-refractivity contribution is -0.145. The number of carboxylic acids is 1. The van der Waals surface area contributed by atoms with Gasteiger partial charge < -0.3 is 10.0 Å². The molecule has 0 aliphatic carbocycles. The minimum atomic E-state index is -0.854. The topological polar surface area (TPSA) is 52.6 Å². The third-order valence-electron chi connectivity index (χ3n) is 3.43. The van der Waals surface area contributed by atoms with E-state index >= 15 is 0 Å². The molecule has 0 saturated heterocycles. The Morgan fingerprint density at radius 2 is 1.68 bits per heavy atom. The summed E-state index contributed by atoms with van der Waals surface area (Å²) >= 11 is 0. The van der Waals surface area contributed by atoms with Crippen molar-refractivity contribution < 1.29 is 9.90 Å². The van der Waals surface area contributed by atoms with E-state index in [-0.39, 0.29) is 12.1 Å². The van der Waals surface area contributed by atoms with Crippen molar-refractivity contribution >= 4 is 5.97 Å². The first-order valence-corrected chi connectivity index (χ1v) is 7.52. The Labute approximate surface area is 118 Å². The van der Waals surface area contributed by atoms with Crippen LogP contribution in [0.15, 0.2) is 0 Å². The third kappa shape index (κ3) is 6.39. The van der Waals surface area contributed by atoms with Crippen molar-refractivity contribution in [2.45, 2.75) is 78.4 Å². The monoisotopic (exact) mass is 272 g/mol. The second-order valence-electron chi connectivity index (χ2n) is 6.03. The highest BCUT2D eigenvalue weighted by atomic mass is 16.4. The molecule has 0 fully saturated rings. The van der Waals surface area contributed by atoms with Gasteiger partial charge in [0.25, 0.3) is 0 Å². The van der Waals surface area contributed by atoms with Crippen LogP contribution >= 0.6 is 0 Å². The molecule has 114 valence electrons.